The molecule has 4 heteroatoms. The van der Waals surface area contributed by atoms with Gasteiger partial charge in [-0.1, -0.05) is 43.7 Å². The van der Waals surface area contributed by atoms with Gasteiger partial charge in [0.15, 0.2) is 0 Å². The third kappa shape index (κ3) is 3.62. The van der Waals surface area contributed by atoms with E-state index in [9.17, 15) is 15.2 Å². The molecule has 1 aromatic rings. The SMILES string of the molecule is CCCC(O)C(Cc1ccccc1)[N+](=O)[O-]. The van der Waals surface area contributed by atoms with Crippen LogP contribution < -0.4 is 0 Å². The molecule has 16 heavy (non-hydrogen) atoms. The molecule has 4 nitrogen and oxygen atoms in total. The fourth-order valence-corrected chi connectivity index (χ4v) is 1.69. The summed E-state index contributed by atoms with van der Waals surface area (Å²) in [5.74, 6) is 0. The molecule has 0 fully saturated rings. The van der Waals surface area contributed by atoms with E-state index in [0.717, 1.165) is 12.0 Å². The Labute approximate surface area is 95.1 Å². The molecule has 1 rings (SSSR count). The van der Waals surface area contributed by atoms with Gasteiger partial charge in [0.1, 0.15) is 6.10 Å². The van der Waals surface area contributed by atoms with Gasteiger partial charge >= 0.3 is 0 Å². The van der Waals surface area contributed by atoms with Crippen LogP contribution in [0.3, 0.4) is 0 Å². The van der Waals surface area contributed by atoms with Crippen LogP contribution in [-0.2, 0) is 6.42 Å². The predicted octanol–water partition coefficient (Wildman–Crippen LogP) is 2.04. The Balaban J connectivity index is 2.69. The first kappa shape index (κ1) is 12.6. The Hall–Kier alpha value is -1.42. The molecule has 0 aliphatic carbocycles. The quantitative estimate of drug-likeness (QED) is 0.593. The summed E-state index contributed by atoms with van der Waals surface area (Å²) in [6, 6.07) is 8.34. The Bertz CT molecular complexity index is 326. The number of nitro groups is 1. The van der Waals surface area contributed by atoms with E-state index in [1.165, 1.54) is 0 Å². The average Bonchev–Trinajstić information content (AvgIpc) is 2.27. The summed E-state index contributed by atoms with van der Waals surface area (Å²) in [6.07, 6.45) is 0.647. The molecular formula is C12H17NO3. The lowest BCUT2D eigenvalue weighted by molar-refractivity contribution is -0.534. The van der Waals surface area contributed by atoms with Crippen molar-refractivity contribution in [2.75, 3.05) is 0 Å². The van der Waals surface area contributed by atoms with Gasteiger partial charge < -0.3 is 5.11 Å². The highest BCUT2D eigenvalue weighted by Crippen LogP contribution is 2.12. The molecule has 0 aliphatic rings. The molecule has 2 unspecified atom stereocenters. The first-order valence-corrected chi connectivity index (χ1v) is 5.50. The van der Waals surface area contributed by atoms with Crippen molar-refractivity contribution in [1.29, 1.82) is 0 Å². The lowest BCUT2D eigenvalue weighted by Gasteiger charge is -2.15. The van der Waals surface area contributed by atoms with Gasteiger partial charge in [0, 0.05) is 11.3 Å². The standard InChI is InChI=1S/C12H17NO3/c1-2-6-12(14)11(13(15)16)9-10-7-4-3-5-8-10/h3-5,7-8,11-12,14H,2,6,9H2,1H3. The summed E-state index contributed by atoms with van der Waals surface area (Å²) in [6.45, 7) is 1.91. The van der Waals surface area contributed by atoms with Gasteiger partial charge in [-0.05, 0) is 12.0 Å². The Kier molecular flexibility index (Phi) is 4.92. The lowest BCUT2D eigenvalue weighted by atomic mass is 9.99. The van der Waals surface area contributed by atoms with Crippen molar-refractivity contribution >= 4 is 0 Å². The molecule has 0 radical (unpaired) electrons. The molecule has 0 saturated heterocycles. The zero-order valence-corrected chi connectivity index (χ0v) is 9.37. The van der Waals surface area contributed by atoms with Gasteiger partial charge in [0.2, 0.25) is 6.04 Å². The minimum atomic E-state index is -0.901. The summed E-state index contributed by atoms with van der Waals surface area (Å²) < 4.78 is 0. The van der Waals surface area contributed by atoms with E-state index in [-0.39, 0.29) is 11.3 Å². The second-order valence-electron chi connectivity index (χ2n) is 3.90. The summed E-state index contributed by atoms with van der Waals surface area (Å²) >= 11 is 0. The van der Waals surface area contributed by atoms with Gasteiger partial charge in [-0.3, -0.25) is 10.1 Å². The summed E-state index contributed by atoms with van der Waals surface area (Å²) in [7, 11) is 0. The minimum Gasteiger partial charge on any atom is -0.386 e. The third-order valence-electron chi connectivity index (χ3n) is 2.59. The van der Waals surface area contributed by atoms with Crippen LogP contribution in [0.15, 0.2) is 30.3 Å². The van der Waals surface area contributed by atoms with E-state index in [0.29, 0.717) is 6.42 Å². The zero-order chi connectivity index (χ0) is 12.0. The van der Waals surface area contributed by atoms with Crippen molar-refractivity contribution in [1.82, 2.24) is 0 Å². The summed E-state index contributed by atoms with van der Waals surface area (Å²) in [4.78, 5) is 10.5. The molecule has 0 bridgehead atoms. The molecule has 88 valence electrons. The van der Waals surface area contributed by atoms with Crippen molar-refractivity contribution in [3.8, 4) is 0 Å². The van der Waals surface area contributed by atoms with Crippen molar-refractivity contribution in [2.24, 2.45) is 0 Å². The van der Waals surface area contributed by atoms with Gasteiger partial charge in [-0.15, -0.1) is 0 Å². The zero-order valence-electron chi connectivity index (χ0n) is 9.37. The third-order valence-corrected chi connectivity index (χ3v) is 2.59. The first-order valence-electron chi connectivity index (χ1n) is 5.50. The number of benzene rings is 1. The smallest absolute Gasteiger partial charge is 0.242 e. The summed E-state index contributed by atoms with van der Waals surface area (Å²) in [5.41, 5.74) is 0.888. The molecule has 0 spiro atoms. The van der Waals surface area contributed by atoms with E-state index in [1.807, 2.05) is 37.3 Å². The number of nitrogens with zero attached hydrogens (tertiary/aromatic N) is 1. The molecule has 1 N–H and O–H groups in total. The van der Waals surface area contributed by atoms with Crippen LogP contribution in [0.4, 0.5) is 0 Å². The van der Waals surface area contributed by atoms with E-state index in [4.69, 9.17) is 0 Å². The van der Waals surface area contributed by atoms with E-state index < -0.39 is 12.1 Å². The van der Waals surface area contributed by atoms with E-state index >= 15 is 0 Å². The van der Waals surface area contributed by atoms with Crippen LogP contribution in [-0.4, -0.2) is 22.2 Å². The maximum Gasteiger partial charge on any atom is 0.242 e. The fourth-order valence-electron chi connectivity index (χ4n) is 1.69. The second kappa shape index (κ2) is 6.23. The molecule has 0 aromatic heterocycles. The van der Waals surface area contributed by atoms with Crippen LogP contribution in [0.1, 0.15) is 25.3 Å². The van der Waals surface area contributed by atoms with Crippen LogP contribution >= 0.6 is 0 Å². The van der Waals surface area contributed by atoms with Gasteiger partial charge in [0.05, 0.1) is 0 Å². The van der Waals surface area contributed by atoms with Gasteiger partial charge in [-0.2, -0.15) is 0 Å². The number of hydrogen-bond donors (Lipinski definition) is 1. The molecule has 0 aliphatic heterocycles. The fraction of sp³-hybridized carbons (Fsp3) is 0.500. The first-order chi connectivity index (χ1) is 7.65. The molecule has 0 heterocycles. The maximum absolute atomic E-state index is 10.9. The van der Waals surface area contributed by atoms with Crippen LogP contribution in [0.25, 0.3) is 0 Å². The van der Waals surface area contributed by atoms with Gasteiger partial charge in [-0.25, -0.2) is 0 Å². The van der Waals surface area contributed by atoms with Crippen LogP contribution in [0, 0.1) is 10.1 Å². The topological polar surface area (TPSA) is 63.4 Å². The second-order valence-corrected chi connectivity index (χ2v) is 3.90. The van der Waals surface area contributed by atoms with Gasteiger partial charge in [0.25, 0.3) is 0 Å². The number of hydrogen-bond acceptors (Lipinski definition) is 3. The van der Waals surface area contributed by atoms with Crippen molar-refractivity contribution < 1.29 is 10.0 Å². The predicted molar refractivity (Wildman–Crippen MR) is 61.8 cm³/mol. The Morgan fingerprint density at radius 3 is 2.50 bits per heavy atom. The monoisotopic (exact) mass is 223 g/mol. The molecule has 0 saturated carbocycles. The number of aliphatic hydroxyl groups is 1. The largest absolute Gasteiger partial charge is 0.386 e. The lowest BCUT2D eigenvalue weighted by Crippen LogP contribution is -2.35. The van der Waals surface area contributed by atoms with E-state index in [1.54, 1.807) is 0 Å². The number of aliphatic hydroxyl groups excluding tert-OH is 1. The van der Waals surface area contributed by atoms with Crippen LogP contribution in [0.5, 0.6) is 0 Å². The molecule has 2 atom stereocenters. The van der Waals surface area contributed by atoms with Crippen molar-refractivity contribution in [3.63, 3.8) is 0 Å². The Morgan fingerprint density at radius 2 is 2.00 bits per heavy atom. The van der Waals surface area contributed by atoms with E-state index in [2.05, 4.69) is 0 Å². The normalized spacial score (nSPS) is 14.4. The Morgan fingerprint density at radius 1 is 1.38 bits per heavy atom. The van der Waals surface area contributed by atoms with Crippen molar-refractivity contribution in [2.45, 2.75) is 38.3 Å². The highest BCUT2D eigenvalue weighted by atomic mass is 16.6. The maximum atomic E-state index is 10.9. The minimum absolute atomic E-state index is 0.287. The highest BCUT2D eigenvalue weighted by Gasteiger charge is 2.29. The number of rotatable bonds is 6. The molecule has 1 aromatic carbocycles. The molecule has 0 amide bonds. The average molecular weight is 223 g/mol. The van der Waals surface area contributed by atoms with Crippen LogP contribution in [0.2, 0.25) is 0 Å². The highest BCUT2D eigenvalue weighted by molar-refractivity contribution is 5.15. The van der Waals surface area contributed by atoms with Crippen molar-refractivity contribution in [3.05, 3.63) is 46.0 Å². The summed E-state index contributed by atoms with van der Waals surface area (Å²) in [5, 5.41) is 20.6. The molecular weight excluding hydrogens is 206 g/mol.